The number of anilines is 1. The first-order valence-electron chi connectivity index (χ1n) is 5.80. The van der Waals surface area contributed by atoms with Crippen LogP contribution in [-0.4, -0.2) is 27.0 Å². The molecule has 0 spiro atoms. The minimum absolute atomic E-state index is 0.0661. The highest BCUT2D eigenvalue weighted by Gasteiger charge is 2.07. The minimum atomic E-state index is 0.0661. The number of aromatic nitrogens is 2. The van der Waals surface area contributed by atoms with E-state index in [1.54, 1.807) is 12.1 Å². The fraction of sp³-hybridized carbons (Fsp3) is 0.231. The van der Waals surface area contributed by atoms with Crippen LogP contribution in [0.15, 0.2) is 30.3 Å². The van der Waals surface area contributed by atoms with Gasteiger partial charge in [0.15, 0.2) is 0 Å². The smallest absolute Gasteiger partial charge is 0.148 e. The van der Waals surface area contributed by atoms with E-state index in [1.807, 2.05) is 0 Å². The molecule has 1 heterocycles. The maximum Gasteiger partial charge on any atom is 0.148 e. The molecule has 5 nitrogen and oxygen atoms in total. The molecule has 0 aliphatic rings. The monoisotopic (exact) mass is 245 g/mol. The third kappa shape index (κ3) is 2.68. The molecule has 94 valence electrons. The van der Waals surface area contributed by atoms with Crippen LogP contribution in [-0.2, 0) is 0 Å². The highest BCUT2D eigenvalue weighted by atomic mass is 16.3. The van der Waals surface area contributed by atoms with Crippen molar-refractivity contribution in [1.29, 1.82) is 0 Å². The van der Waals surface area contributed by atoms with Gasteiger partial charge in [-0.2, -0.15) is 0 Å². The highest BCUT2D eigenvalue weighted by molar-refractivity contribution is 5.68. The zero-order chi connectivity index (χ0) is 13.0. The molecular formula is C13H15N3O2. The van der Waals surface area contributed by atoms with E-state index < -0.39 is 0 Å². The van der Waals surface area contributed by atoms with Gasteiger partial charge in [0, 0.05) is 12.1 Å². The SMILES string of the molecule is CCCNc1ccc(-c2cc(O)ccc2O)nn1. The molecule has 1 aromatic heterocycles. The second-order valence-corrected chi connectivity index (χ2v) is 3.93. The van der Waals surface area contributed by atoms with Crippen LogP contribution in [0.4, 0.5) is 5.82 Å². The fourth-order valence-corrected chi connectivity index (χ4v) is 1.55. The van der Waals surface area contributed by atoms with Crippen LogP contribution in [0, 0.1) is 0 Å². The number of phenolic OH excluding ortho intramolecular Hbond substituents is 2. The first kappa shape index (κ1) is 12.2. The number of rotatable bonds is 4. The first-order valence-corrected chi connectivity index (χ1v) is 5.80. The van der Waals surface area contributed by atoms with E-state index in [4.69, 9.17) is 0 Å². The van der Waals surface area contributed by atoms with E-state index in [0.717, 1.165) is 13.0 Å². The highest BCUT2D eigenvalue weighted by Crippen LogP contribution is 2.30. The maximum absolute atomic E-state index is 9.70. The van der Waals surface area contributed by atoms with Gasteiger partial charge in [0.2, 0.25) is 0 Å². The Balaban J connectivity index is 2.25. The molecule has 0 atom stereocenters. The lowest BCUT2D eigenvalue weighted by atomic mass is 10.1. The number of aromatic hydroxyl groups is 2. The van der Waals surface area contributed by atoms with E-state index in [9.17, 15) is 10.2 Å². The van der Waals surface area contributed by atoms with Crippen molar-refractivity contribution in [2.75, 3.05) is 11.9 Å². The minimum Gasteiger partial charge on any atom is -0.508 e. The van der Waals surface area contributed by atoms with Gasteiger partial charge in [0.25, 0.3) is 0 Å². The lowest BCUT2D eigenvalue weighted by Crippen LogP contribution is -2.02. The van der Waals surface area contributed by atoms with Crippen molar-refractivity contribution in [3.05, 3.63) is 30.3 Å². The van der Waals surface area contributed by atoms with Crippen LogP contribution >= 0.6 is 0 Å². The first-order chi connectivity index (χ1) is 8.70. The van der Waals surface area contributed by atoms with Crippen LogP contribution in [0.5, 0.6) is 11.5 Å². The Morgan fingerprint density at radius 2 is 1.94 bits per heavy atom. The van der Waals surface area contributed by atoms with Gasteiger partial charge in [-0.3, -0.25) is 0 Å². The molecule has 18 heavy (non-hydrogen) atoms. The summed E-state index contributed by atoms with van der Waals surface area (Å²) in [6.45, 7) is 2.91. The van der Waals surface area contributed by atoms with Gasteiger partial charge in [0.05, 0.1) is 5.69 Å². The standard InChI is InChI=1S/C13H15N3O2/c1-2-7-14-13-6-4-11(15-16-13)10-8-9(17)3-5-12(10)18/h3-6,8,17-18H,2,7H2,1H3,(H,14,16). The number of phenols is 2. The normalized spacial score (nSPS) is 10.3. The fourth-order valence-electron chi connectivity index (χ4n) is 1.55. The summed E-state index contributed by atoms with van der Waals surface area (Å²) in [4.78, 5) is 0. The van der Waals surface area contributed by atoms with Crippen molar-refractivity contribution < 1.29 is 10.2 Å². The molecule has 1 aromatic carbocycles. The average Bonchev–Trinajstić information content (AvgIpc) is 2.40. The van der Waals surface area contributed by atoms with Crippen molar-refractivity contribution >= 4 is 5.82 Å². The molecule has 0 bridgehead atoms. The Morgan fingerprint density at radius 3 is 2.61 bits per heavy atom. The van der Waals surface area contributed by atoms with Gasteiger partial charge in [0.1, 0.15) is 17.3 Å². The van der Waals surface area contributed by atoms with Crippen LogP contribution in [0.1, 0.15) is 13.3 Å². The van der Waals surface area contributed by atoms with E-state index >= 15 is 0 Å². The molecular weight excluding hydrogens is 230 g/mol. The summed E-state index contributed by atoms with van der Waals surface area (Å²) in [6.07, 6.45) is 1.01. The summed E-state index contributed by atoms with van der Waals surface area (Å²) >= 11 is 0. The second kappa shape index (κ2) is 5.35. The Bertz CT molecular complexity index is 526. The maximum atomic E-state index is 9.70. The summed E-state index contributed by atoms with van der Waals surface area (Å²) in [5.74, 6) is 0.842. The molecule has 0 aliphatic carbocycles. The largest absolute Gasteiger partial charge is 0.508 e. The molecule has 0 amide bonds. The van der Waals surface area contributed by atoms with Crippen molar-refractivity contribution in [2.45, 2.75) is 13.3 Å². The van der Waals surface area contributed by atoms with Gasteiger partial charge in [-0.1, -0.05) is 6.92 Å². The Morgan fingerprint density at radius 1 is 1.11 bits per heavy atom. The lowest BCUT2D eigenvalue weighted by molar-refractivity contribution is 0.461. The number of benzene rings is 1. The van der Waals surface area contributed by atoms with Gasteiger partial charge < -0.3 is 15.5 Å². The Hall–Kier alpha value is -2.30. The van der Waals surface area contributed by atoms with Gasteiger partial charge in [-0.15, -0.1) is 10.2 Å². The summed E-state index contributed by atoms with van der Waals surface area (Å²) in [5.41, 5.74) is 0.981. The van der Waals surface area contributed by atoms with Crippen molar-refractivity contribution in [3.63, 3.8) is 0 Å². The number of hydrogen-bond acceptors (Lipinski definition) is 5. The van der Waals surface area contributed by atoms with Crippen LogP contribution < -0.4 is 5.32 Å². The zero-order valence-electron chi connectivity index (χ0n) is 10.1. The molecule has 2 aromatic rings. The van der Waals surface area contributed by atoms with Crippen molar-refractivity contribution in [3.8, 4) is 22.8 Å². The van der Waals surface area contributed by atoms with E-state index in [1.165, 1.54) is 18.2 Å². The van der Waals surface area contributed by atoms with E-state index in [0.29, 0.717) is 17.1 Å². The van der Waals surface area contributed by atoms with Gasteiger partial charge in [-0.25, -0.2) is 0 Å². The molecule has 0 fully saturated rings. The van der Waals surface area contributed by atoms with Crippen LogP contribution in [0.2, 0.25) is 0 Å². The average molecular weight is 245 g/mol. The molecule has 0 unspecified atom stereocenters. The molecule has 0 aliphatic heterocycles. The second-order valence-electron chi connectivity index (χ2n) is 3.93. The van der Waals surface area contributed by atoms with Crippen molar-refractivity contribution in [1.82, 2.24) is 10.2 Å². The summed E-state index contributed by atoms with van der Waals surface area (Å²) in [6, 6.07) is 7.85. The predicted molar refractivity (Wildman–Crippen MR) is 69.6 cm³/mol. The number of nitrogens with one attached hydrogen (secondary N) is 1. The summed E-state index contributed by atoms with van der Waals surface area (Å²) in [5, 5.41) is 30.2. The number of hydrogen-bond donors (Lipinski definition) is 3. The third-order valence-electron chi connectivity index (χ3n) is 2.48. The molecule has 0 radical (unpaired) electrons. The quantitative estimate of drug-likeness (QED) is 0.721. The molecule has 2 rings (SSSR count). The summed E-state index contributed by atoms with van der Waals surface area (Å²) in [7, 11) is 0. The predicted octanol–water partition coefficient (Wildman–Crippen LogP) is 2.38. The number of nitrogens with zero attached hydrogens (tertiary/aromatic N) is 2. The molecule has 5 heteroatoms. The molecule has 0 saturated carbocycles. The van der Waals surface area contributed by atoms with Crippen LogP contribution in [0.3, 0.4) is 0 Å². The van der Waals surface area contributed by atoms with Gasteiger partial charge in [-0.05, 0) is 36.8 Å². The summed E-state index contributed by atoms with van der Waals surface area (Å²) < 4.78 is 0. The van der Waals surface area contributed by atoms with E-state index in [-0.39, 0.29) is 11.5 Å². The van der Waals surface area contributed by atoms with Crippen LogP contribution in [0.25, 0.3) is 11.3 Å². The Labute approximate surface area is 105 Å². The Kier molecular flexibility index (Phi) is 3.62. The molecule has 3 N–H and O–H groups in total. The topological polar surface area (TPSA) is 78.3 Å². The van der Waals surface area contributed by atoms with E-state index in [2.05, 4.69) is 22.4 Å². The zero-order valence-corrected chi connectivity index (χ0v) is 10.1. The van der Waals surface area contributed by atoms with Crippen molar-refractivity contribution in [2.24, 2.45) is 0 Å². The van der Waals surface area contributed by atoms with Gasteiger partial charge >= 0.3 is 0 Å². The third-order valence-corrected chi connectivity index (χ3v) is 2.48. The lowest BCUT2D eigenvalue weighted by Gasteiger charge is -2.06. The molecule has 0 saturated heterocycles.